The topological polar surface area (TPSA) is 69.6 Å². The first-order valence-corrected chi connectivity index (χ1v) is 6.82. The highest BCUT2D eigenvalue weighted by Crippen LogP contribution is 2.31. The smallest absolute Gasteiger partial charge is 0.338 e. The Morgan fingerprint density at radius 3 is 2.89 bits per heavy atom. The summed E-state index contributed by atoms with van der Waals surface area (Å²) in [6.07, 6.45) is 3.03. The van der Waals surface area contributed by atoms with Gasteiger partial charge >= 0.3 is 5.97 Å². The summed E-state index contributed by atoms with van der Waals surface area (Å²) in [5.74, 6) is -0.742. The van der Waals surface area contributed by atoms with Crippen LogP contribution in [0.2, 0.25) is 0 Å². The van der Waals surface area contributed by atoms with Crippen molar-refractivity contribution in [3.05, 3.63) is 28.2 Å². The van der Waals surface area contributed by atoms with Crippen molar-refractivity contribution >= 4 is 27.6 Å². The minimum Gasteiger partial charge on any atom is -0.478 e. The lowest BCUT2D eigenvalue weighted by molar-refractivity contribution is 0.0697. The number of rotatable bonds is 4. The molecule has 0 saturated heterocycles. The van der Waals surface area contributed by atoms with Gasteiger partial charge in [0.1, 0.15) is 0 Å². The average Bonchev–Trinajstić information content (AvgIpc) is 2.76. The molecule has 0 aromatic heterocycles. The van der Waals surface area contributed by atoms with Crippen LogP contribution in [0.5, 0.6) is 0 Å². The Kier molecular flexibility index (Phi) is 4.24. The van der Waals surface area contributed by atoms with E-state index in [9.17, 15) is 15.0 Å². The Bertz CT molecular complexity index is 450. The molecule has 2 rings (SSSR count). The summed E-state index contributed by atoms with van der Waals surface area (Å²) in [4.78, 5) is 11.2. The monoisotopic (exact) mass is 313 g/mol. The zero-order chi connectivity index (χ0) is 13.1. The van der Waals surface area contributed by atoms with E-state index in [-0.39, 0.29) is 24.1 Å². The molecule has 1 fully saturated rings. The average molecular weight is 314 g/mol. The van der Waals surface area contributed by atoms with Gasteiger partial charge in [-0.05, 0) is 40.9 Å². The molecule has 1 aromatic carbocycles. The second-order valence-corrected chi connectivity index (χ2v) is 5.45. The number of hydrogen-bond acceptors (Lipinski definition) is 3. The summed E-state index contributed by atoms with van der Waals surface area (Å²) in [7, 11) is 0. The molecule has 0 bridgehead atoms. The summed E-state index contributed by atoms with van der Waals surface area (Å²) in [6.45, 7) is 0.147. The molecule has 2 atom stereocenters. The van der Waals surface area contributed by atoms with E-state index >= 15 is 0 Å². The van der Waals surface area contributed by atoms with Gasteiger partial charge in [-0.2, -0.15) is 0 Å². The Morgan fingerprint density at radius 1 is 1.44 bits per heavy atom. The van der Waals surface area contributed by atoms with Gasteiger partial charge in [-0.15, -0.1) is 0 Å². The molecule has 1 aliphatic rings. The number of aliphatic hydroxyl groups is 1. The zero-order valence-corrected chi connectivity index (χ0v) is 11.5. The van der Waals surface area contributed by atoms with E-state index < -0.39 is 5.97 Å². The van der Waals surface area contributed by atoms with Crippen LogP contribution in [-0.4, -0.2) is 28.8 Å². The summed E-state index contributed by atoms with van der Waals surface area (Å²) in [5.41, 5.74) is 0.864. The third-order valence-electron chi connectivity index (χ3n) is 3.46. The maximum absolute atomic E-state index is 11.2. The molecule has 3 N–H and O–H groups in total. The second-order valence-electron chi connectivity index (χ2n) is 4.59. The van der Waals surface area contributed by atoms with E-state index in [2.05, 4.69) is 21.2 Å². The number of nitrogens with one attached hydrogen (secondary N) is 1. The molecular formula is C13H16BrNO3. The number of aromatic carboxylic acids is 1. The number of aliphatic hydroxyl groups excluding tert-OH is 1. The highest BCUT2D eigenvalue weighted by Gasteiger charge is 2.27. The van der Waals surface area contributed by atoms with Crippen molar-refractivity contribution in [3.8, 4) is 0 Å². The molecule has 0 spiro atoms. The van der Waals surface area contributed by atoms with Crippen molar-refractivity contribution in [3.63, 3.8) is 0 Å². The number of benzene rings is 1. The van der Waals surface area contributed by atoms with Crippen LogP contribution in [0.3, 0.4) is 0 Å². The first-order chi connectivity index (χ1) is 8.63. The van der Waals surface area contributed by atoms with E-state index in [0.717, 1.165) is 19.3 Å². The van der Waals surface area contributed by atoms with Gasteiger partial charge in [-0.3, -0.25) is 0 Å². The molecule has 5 heteroatoms. The number of anilines is 1. The zero-order valence-electron chi connectivity index (χ0n) is 9.90. The van der Waals surface area contributed by atoms with E-state index in [4.69, 9.17) is 0 Å². The fraction of sp³-hybridized carbons (Fsp3) is 0.462. The summed E-state index contributed by atoms with van der Waals surface area (Å²) in [6, 6.07) is 5.44. The fourth-order valence-electron chi connectivity index (χ4n) is 2.51. The quantitative estimate of drug-likeness (QED) is 0.799. The van der Waals surface area contributed by atoms with Crippen molar-refractivity contribution in [2.45, 2.75) is 25.3 Å². The SMILES string of the molecule is O=C(O)c1c(Br)cccc1NC1CCCC1CO. The van der Waals surface area contributed by atoms with E-state index in [1.54, 1.807) is 12.1 Å². The maximum atomic E-state index is 11.2. The Morgan fingerprint density at radius 2 is 2.22 bits per heavy atom. The molecule has 4 nitrogen and oxygen atoms in total. The molecule has 0 amide bonds. The second kappa shape index (κ2) is 5.71. The van der Waals surface area contributed by atoms with Crippen LogP contribution in [0.25, 0.3) is 0 Å². The van der Waals surface area contributed by atoms with Gasteiger partial charge in [0.05, 0.1) is 11.3 Å². The lowest BCUT2D eigenvalue weighted by atomic mass is 10.0. The third-order valence-corrected chi connectivity index (χ3v) is 4.12. The lowest BCUT2D eigenvalue weighted by Crippen LogP contribution is -2.27. The first-order valence-electron chi connectivity index (χ1n) is 6.02. The van der Waals surface area contributed by atoms with E-state index in [0.29, 0.717) is 10.2 Å². The van der Waals surface area contributed by atoms with Crippen LogP contribution in [0.1, 0.15) is 29.6 Å². The maximum Gasteiger partial charge on any atom is 0.338 e. The van der Waals surface area contributed by atoms with Gasteiger partial charge in [0.25, 0.3) is 0 Å². The molecule has 1 saturated carbocycles. The highest BCUT2D eigenvalue weighted by molar-refractivity contribution is 9.10. The standard InChI is InChI=1S/C13H16BrNO3/c14-9-4-2-6-11(12(9)13(17)18)15-10-5-1-3-8(10)7-16/h2,4,6,8,10,15-16H,1,3,5,7H2,(H,17,18). The number of carboxylic acid groups (broad SMARTS) is 1. The van der Waals surface area contributed by atoms with Crippen LogP contribution in [0.15, 0.2) is 22.7 Å². The first kappa shape index (κ1) is 13.4. The van der Waals surface area contributed by atoms with Crippen molar-refractivity contribution in [2.24, 2.45) is 5.92 Å². The third kappa shape index (κ3) is 2.67. The summed E-state index contributed by atoms with van der Waals surface area (Å²) < 4.78 is 0.568. The normalized spacial score (nSPS) is 23.0. The van der Waals surface area contributed by atoms with Crippen LogP contribution in [0, 0.1) is 5.92 Å². The van der Waals surface area contributed by atoms with Crippen LogP contribution < -0.4 is 5.32 Å². The van der Waals surface area contributed by atoms with Crippen molar-refractivity contribution < 1.29 is 15.0 Å². The van der Waals surface area contributed by atoms with Crippen LogP contribution >= 0.6 is 15.9 Å². The number of carbonyl (C=O) groups is 1. The molecule has 0 aliphatic heterocycles. The molecular weight excluding hydrogens is 298 g/mol. The Hall–Kier alpha value is -1.07. The van der Waals surface area contributed by atoms with Gasteiger partial charge in [0.15, 0.2) is 0 Å². The Labute approximate surface area is 114 Å². The molecule has 0 radical (unpaired) electrons. The molecule has 98 valence electrons. The lowest BCUT2D eigenvalue weighted by Gasteiger charge is -2.21. The summed E-state index contributed by atoms with van der Waals surface area (Å²) in [5, 5.41) is 21.8. The number of hydrogen-bond donors (Lipinski definition) is 3. The van der Waals surface area contributed by atoms with Crippen molar-refractivity contribution in [1.82, 2.24) is 0 Å². The summed E-state index contributed by atoms with van der Waals surface area (Å²) >= 11 is 3.26. The van der Waals surface area contributed by atoms with Crippen molar-refractivity contribution in [1.29, 1.82) is 0 Å². The molecule has 0 heterocycles. The van der Waals surface area contributed by atoms with Gasteiger partial charge in [0, 0.05) is 23.0 Å². The van der Waals surface area contributed by atoms with Gasteiger partial charge in [-0.25, -0.2) is 4.79 Å². The number of halogens is 1. The van der Waals surface area contributed by atoms with Crippen LogP contribution in [-0.2, 0) is 0 Å². The van der Waals surface area contributed by atoms with E-state index in [1.165, 1.54) is 0 Å². The molecule has 2 unspecified atom stereocenters. The molecule has 18 heavy (non-hydrogen) atoms. The van der Waals surface area contributed by atoms with Gasteiger partial charge in [-0.1, -0.05) is 12.5 Å². The van der Waals surface area contributed by atoms with E-state index in [1.807, 2.05) is 6.07 Å². The number of carboxylic acids is 1. The molecule has 1 aromatic rings. The minimum absolute atomic E-state index is 0.147. The molecule has 1 aliphatic carbocycles. The predicted octanol–water partition coefficient (Wildman–Crippen LogP) is 2.72. The largest absolute Gasteiger partial charge is 0.478 e. The van der Waals surface area contributed by atoms with Gasteiger partial charge in [0.2, 0.25) is 0 Å². The minimum atomic E-state index is -0.955. The fourth-order valence-corrected chi connectivity index (χ4v) is 3.04. The van der Waals surface area contributed by atoms with Crippen molar-refractivity contribution in [2.75, 3.05) is 11.9 Å². The predicted molar refractivity (Wildman–Crippen MR) is 72.9 cm³/mol. The van der Waals surface area contributed by atoms with Gasteiger partial charge < -0.3 is 15.5 Å². The Balaban J connectivity index is 2.23. The van der Waals surface area contributed by atoms with Crippen LogP contribution in [0.4, 0.5) is 5.69 Å². The highest BCUT2D eigenvalue weighted by atomic mass is 79.9.